The maximum absolute atomic E-state index is 11.8. The fourth-order valence-electron chi connectivity index (χ4n) is 2.82. The first-order chi connectivity index (χ1) is 8.94. The summed E-state index contributed by atoms with van der Waals surface area (Å²) < 4.78 is 24.5. The second-order valence-electron chi connectivity index (χ2n) is 5.03. The third kappa shape index (κ3) is 2.04. The van der Waals surface area contributed by atoms with Crippen LogP contribution in [-0.2, 0) is 9.84 Å². The van der Waals surface area contributed by atoms with Gasteiger partial charge in [0.15, 0.2) is 15.8 Å². The van der Waals surface area contributed by atoms with Crippen molar-refractivity contribution in [1.29, 1.82) is 0 Å². The van der Waals surface area contributed by atoms with Crippen molar-refractivity contribution < 1.29 is 8.42 Å². The third-order valence-electron chi connectivity index (χ3n) is 3.70. The molecule has 5 nitrogen and oxygen atoms in total. The van der Waals surface area contributed by atoms with Gasteiger partial charge in [-0.15, -0.1) is 0 Å². The van der Waals surface area contributed by atoms with Crippen LogP contribution in [0.1, 0.15) is 6.42 Å². The average Bonchev–Trinajstić information content (AvgIpc) is 2.82. The number of nitrogens with zero attached hydrogens (tertiary/aromatic N) is 2. The summed E-state index contributed by atoms with van der Waals surface area (Å²) >= 11 is 3.49. The van der Waals surface area contributed by atoms with Crippen LogP contribution in [0.15, 0.2) is 33.7 Å². The van der Waals surface area contributed by atoms with Gasteiger partial charge in [-0.25, -0.2) is 8.42 Å². The summed E-state index contributed by atoms with van der Waals surface area (Å²) in [6.07, 6.45) is 0.570. The Morgan fingerprint density at radius 3 is 2.74 bits per heavy atom. The number of halogens is 1. The highest BCUT2D eigenvalue weighted by molar-refractivity contribution is 9.10. The van der Waals surface area contributed by atoms with Crippen LogP contribution in [0.5, 0.6) is 0 Å². The van der Waals surface area contributed by atoms with E-state index in [9.17, 15) is 8.42 Å². The van der Waals surface area contributed by atoms with Gasteiger partial charge in [-0.3, -0.25) is 4.99 Å². The van der Waals surface area contributed by atoms with E-state index in [0.29, 0.717) is 18.9 Å². The Hall–Kier alpha value is -1.08. The van der Waals surface area contributed by atoms with Crippen LogP contribution in [0.3, 0.4) is 0 Å². The molecule has 1 unspecified atom stereocenters. The Balaban J connectivity index is 2.08. The Labute approximate surface area is 120 Å². The minimum atomic E-state index is -3.00. The predicted octanol–water partition coefficient (Wildman–Crippen LogP) is 1.14. The molecule has 19 heavy (non-hydrogen) atoms. The number of para-hydroxylation sites is 1. The minimum Gasteiger partial charge on any atom is -0.369 e. The average molecular weight is 344 g/mol. The normalized spacial score (nSPS) is 28.9. The first-order valence-electron chi connectivity index (χ1n) is 5.99. The molecule has 1 spiro atoms. The van der Waals surface area contributed by atoms with Gasteiger partial charge in [-0.05, 0) is 34.5 Å². The van der Waals surface area contributed by atoms with Gasteiger partial charge in [0.05, 0.1) is 29.3 Å². The number of benzene rings is 1. The number of nitrogens with two attached hydrogens (primary N) is 1. The molecule has 1 aromatic carbocycles. The Kier molecular flexibility index (Phi) is 2.86. The predicted molar refractivity (Wildman–Crippen MR) is 79.1 cm³/mol. The summed E-state index contributed by atoms with van der Waals surface area (Å²) in [7, 11) is -3.00. The van der Waals surface area contributed by atoms with Crippen LogP contribution in [0.25, 0.3) is 0 Å². The summed E-state index contributed by atoms with van der Waals surface area (Å²) in [4.78, 5) is 6.15. The second-order valence-corrected chi connectivity index (χ2v) is 8.07. The van der Waals surface area contributed by atoms with Crippen molar-refractivity contribution >= 4 is 37.4 Å². The number of anilines is 1. The molecule has 0 bridgehead atoms. The quantitative estimate of drug-likeness (QED) is 0.829. The number of sulfone groups is 1. The van der Waals surface area contributed by atoms with Crippen LogP contribution in [0.2, 0.25) is 0 Å². The Bertz CT molecular complexity index is 659. The second kappa shape index (κ2) is 4.21. The van der Waals surface area contributed by atoms with Gasteiger partial charge >= 0.3 is 0 Å². The monoisotopic (exact) mass is 343 g/mol. The van der Waals surface area contributed by atoms with E-state index in [-0.39, 0.29) is 11.5 Å². The van der Waals surface area contributed by atoms with E-state index in [1.807, 2.05) is 29.2 Å². The van der Waals surface area contributed by atoms with Gasteiger partial charge in [0.25, 0.3) is 0 Å². The highest BCUT2D eigenvalue weighted by Crippen LogP contribution is 2.39. The lowest BCUT2D eigenvalue weighted by Gasteiger charge is -2.35. The van der Waals surface area contributed by atoms with E-state index >= 15 is 0 Å². The first-order valence-corrected chi connectivity index (χ1v) is 8.60. The number of aliphatic imine (C=N–C) groups is 1. The van der Waals surface area contributed by atoms with Crippen molar-refractivity contribution in [3.05, 3.63) is 28.7 Å². The third-order valence-corrected chi connectivity index (χ3v) is 6.17. The molecule has 0 radical (unpaired) electrons. The lowest BCUT2D eigenvalue weighted by atomic mass is 9.97. The molecule has 0 saturated carbocycles. The zero-order valence-electron chi connectivity index (χ0n) is 10.2. The molecular weight excluding hydrogens is 330 g/mol. The standard InChI is InChI=1S/C12H14BrN3O2S/c13-9-3-1-2-4-10(9)16-11(14)15-7-12(16)5-6-19(17,18)8-12/h1-4H,5-8H2,(H2,14,15). The number of guanidine groups is 1. The summed E-state index contributed by atoms with van der Waals surface area (Å²) in [5.41, 5.74) is 6.35. The van der Waals surface area contributed by atoms with E-state index in [2.05, 4.69) is 20.9 Å². The molecule has 102 valence electrons. The molecule has 0 aromatic heterocycles. The molecule has 2 aliphatic rings. The zero-order chi connectivity index (χ0) is 13.7. The zero-order valence-corrected chi connectivity index (χ0v) is 12.6. The van der Waals surface area contributed by atoms with Crippen molar-refractivity contribution in [2.24, 2.45) is 10.7 Å². The molecule has 3 rings (SSSR count). The fraction of sp³-hybridized carbons (Fsp3) is 0.417. The van der Waals surface area contributed by atoms with Crippen molar-refractivity contribution in [1.82, 2.24) is 0 Å². The molecule has 1 atom stereocenters. The maximum Gasteiger partial charge on any atom is 0.196 e. The maximum atomic E-state index is 11.8. The van der Waals surface area contributed by atoms with Crippen molar-refractivity contribution in [3.8, 4) is 0 Å². The smallest absolute Gasteiger partial charge is 0.196 e. The number of rotatable bonds is 1. The van der Waals surface area contributed by atoms with E-state index in [0.717, 1.165) is 10.2 Å². The minimum absolute atomic E-state index is 0.117. The molecule has 2 N–H and O–H groups in total. The van der Waals surface area contributed by atoms with Crippen LogP contribution >= 0.6 is 15.9 Å². The molecule has 0 amide bonds. The van der Waals surface area contributed by atoms with Crippen LogP contribution in [0, 0.1) is 0 Å². The lowest BCUT2D eigenvalue weighted by Crippen LogP contribution is -2.53. The van der Waals surface area contributed by atoms with Crippen LogP contribution in [-0.4, -0.2) is 38.0 Å². The van der Waals surface area contributed by atoms with Gasteiger partial charge in [0.1, 0.15) is 0 Å². The van der Waals surface area contributed by atoms with E-state index in [4.69, 9.17) is 5.73 Å². The Morgan fingerprint density at radius 1 is 1.37 bits per heavy atom. The van der Waals surface area contributed by atoms with Crippen LogP contribution < -0.4 is 10.6 Å². The highest BCUT2D eigenvalue weighted by atomic mass is 79.9. The molecule has 1 fully saturated rings. The summed E-state index contributed by atoms with van der Waals surface area (Å²) in [5.74, 6) is 0.714. The van der Waals surface area contributed by atoms with Gasteiger partial charge in [0.2, 0.25) is 0 Å². The van der Waals surface area contributed by atoms with Crippen molar-refractivity contribution in [2.45, 2.75) is 12.0 Å². The highest BCUT2D eigenvalue weighted by Gasteiger charge is 2.51. The van der Waals surface area contributed by atoms with E-state index < -0.39 is 15.4 Å². The van der Waals surface area contributed by atoms with E-state index in [1.165, 1.54) is 0 Å². The number of hydrogen-bond acceptors (Lipinski definition) is 5. The molecule has 2 heterocycles. The van der Waals surface area contributed by atoms with Crippen LogP contribution in [0.4, 0.5) is 5.69 Å². The molecule has 0 aliphatic carbocycles. The van der Waals surface area contributed by atoms with E-state index in [1.54, 1.807) is 0 Å². The van der Waals surface area contributed by atoms with Crippen molar-refractivity contribution in [3.63, 3.8) is 0 Å². The first kappa shape index (κ1) is 12.9. The number of hydrogen-bond donors (Lipinski definition) is 1. The molecule has 1 saturated heterocycles. The largest absolute Gasteiger partial charge is 0.369 e. The summed E-state index contributed by atoms with van der Waals surface area (Å²) in [6, 6.07) is 7.65. The topological polar surface area (TPSA) is 75.8 Å². The van der Waals surface area contributed by atoms with Crippen molar-refractivity contribution in [2.75, 3.05) is 23.0 Å². The SMILES string of the molecule is NC1=NCC2(CCS(=O)(=O)C2)N1c1ccccc1Br. The molecule has 7 heteroatoms. The van der Waals surface area contributed by atoms with Gasteiger partial charge in [-0.1, -0.05) is 12.1 Å². The molecule has 1 aromatic rings. The summed E-state index contributed by atoms with van der Waals surface area (Å²) in [5, 5.41) is 0. The Morgan fingerprint density at radius 2 is 2.11 bits per heavy atom. The fourth-order valence-corrected chi connectivity index (χ4v) is 5.31. The summed E-state index contributed by atoms with van der Waals surface area (Å²) in [6.45, 7) is 0.444. The molecule has 2 aliphatic heterocycles. The van der Waals surface area contributed by atoms with Gasteiger partial charge < -0.3 is 10.6 Å². The lowest BCUT2D eigenvalue weighted by molar-refractivity contribution is 0.512. The molecular formula is C12H14BrN3O2S. The van der Waals surface area contributed by atoms with Gasteiger partial charge in [0, 0.05) is 4.47 Å². The van der Waals surface area contributed by atoms with Gasteiger partial charge in [-0.2, -0.15) is 0 Å².